The zero-order chi connectivity index (χ0) is 21.2. The van der Waals surface area contributed by atoms with Crippen LogP contribution in [0, 0.1) is 0 Å². The van der Waals surface area contributed by atoms with Gasteiger partial charge in [-0.1, -0.05) is 12.1 Å². The van der Waals surface area contributed by atoms with Crippen LogP contribution in [0.1, 0.15) is 10.4 Å². The Morgan fingerprint density at radius 3 is 2.47 bits per heavy atom. The van der Waals surface area contributed by atoms with Crippen LogP contribution < -0.4 is 20.1 Å². The van der Waals surface area contributed by atoms with Crippen molar-refractivity contribution in [1.29, 1.82) is 0 Å². The van der Waals surface area contributed by atoms with Gasteiger partial charge in [0, 0.05) is 26.2 Å². The summed E-state index contributed by atoms with van der Waals surface area (Å²) in [6, 6.07) is 13.9. The number of ether oxygens (including phenoxy) is 3. The van der Waals surface area contributed by atoms with Crippen LogP contribution in [0.25, 0.3) is 0 Å². The minimum atomic E-state index is -0.348. The molecular weight excluding hydrogens is 386 g/mol. The fraction of sp³-hybridized carbons (Fsp3) is 0.364. The predicted molar refractivity (Wildman–Crippen MR) is 113 cm³/mol. The maximum Gasteiger partial charge on any atom is 0.262 e. The molecule has 0 unspecified atom stereocenters. The quantitative estimate of drug-likeness (QED) is 0.651. The van der Waals surface area contributed by atoms with Gasteiger partial charge in [-0.05, 0) is 36.4 Å². The first-order valence-electron chi connectivity index (χ1n) is 9.90. The van der Waals surface area contributed by atoms with Crippen molar-refractivity contribution in [3.63, 3.8) is 0 Å². The molecule has 3 rings (SSSR count). The van der Waals surface area contributed by atoms with Crippen LogP contribution in [0.3, 0.4) is 0 Å². The molecule has 1 heterocycles. The normalized spacial score (nSPS) is 14.0. The standard InChI is InChI=1S/C22H27N3O5/c1-28-17-6-8-18(9-7-17)30-16-21(26)24-20-5-3-2-4-19(20)22(27)23-10-11-25-12-14-29-15-13-25/h2-9H,10-16H2,1H3,(H,23,27)(H,24,26). The summed E-state index contributed by atoms with van der Waals surface area (Å²) in [6.45, 7) is 4.32. The van der Waals surface area contributed by atoms with Gasteiger partial charge in [-0.3, -0.25) is 14.5 Å². The Hall–Kier alpha value is -3.10. The lowest BCUT2D eigenvalue weighted by atomic mass is 10.1. The molecule has 8 heteroatoms. The fourth-order valence-corrected chi connectivity index (χ4v) is 3.04. The zero-order valence-electron chi connectivity index (χ0n) is 17.1. The molecule has 1 saturated heterocycles. The van der Waals surface area contributed by atoms with Crippen molar-refractivity contribution >= 4 is 17.5 Å². The second-order valence-electron chi connectivity index (χ2n) is 6.77. The largest absolute Gasteiger partial charge is 0.497 e. The summed E-state index contributed by atoms with van der Waals surface area (Å²) >= 11 is 0. The van der Waals surface area contributed by atoms with Gasteiger partial charge in [0.05, 0.1) is 31.6 Å². The molecule has 1 aliphatic heterocycles. The van der Waals surface area contributed by atoms with Gasteiger partial charge in [0.1, 0.15) is 11.5 Å². The molecule has 2 amide bonds. The monoisotopic (exact) mass is 413 g/mol. The van der Waals surface area contributed by atoms with E-state index < -0.39 is 0 Å². The number of benzene rings is 2. The maximum atomic E-state index is 12.6. The second kappa shape index (κ2) is 11.2. The number of morpholine rings is 1. The van der Waals surface area contributed by atoms with Gasteiger partial charge in [-0.25, -0.2) is 0 Å². The van der Waals surface area contributed by atoms with E-state index in [2.05, 4.69) is 15.5 Å². The highest BCUT2D eigenvalue weighted by Crippen LogP contribution is 2.18. The van der Waals surface area contributed by atoms with Crippen LogP contribution in [0.5, 0.6) is 11.5 Å². The number of amides is 2. The Morgan fingerprint density at radius 1 is 1.03 bits per heavy atom. The molecule has 1 fully saturated rings. The molecule has 0 spiro atoms. The number of anilines is 1. The van der Waals surface area contributed by atoms with Crippen molar-refractivity contribution in [1.82, 2.24) is 10.2 Å². The maximum absolute atomic E-state index is 12.6. The number of nitrogens with zero attached hydrogens (tertiary/aromatic N) is 1. The number of hydrogen-bond donors (Lipinski definition) is 2. The van der Waals surface area contributed by atoms with Crippen molar-refractivity contribution in [3.05, 3.63) is 54.1 Å². The van der Waals surface area contributed by atoms with Gasteiger partial charge in [0.15, 0.2) is 6.61 Å². The number of carbonyl (C=O) groups is 2. The van der Waals surface area contributed by atoms with Gasteiger partial charge in [-0.15, -0.1) is 0 Å². The topological polar surface area (TPSA) is 89.1 Å². The molecule has 0 aliphatic carbocycles. The Bertz CT molecular complexity index is 835. The average Bonchev–Trinajstić information content (AvgIpc) is 2.79. The SMILES string of the molecule is COc1ccc(OCC(=O)Nc2ccccc2C(=O)NCCN2CCOCC2)cc1. The number of para-hydroxylation sites is 1. The third-order valence-corrected chi connectivity index (χ3v) is 4.69. The van der Waals surface area contributed by atoms with Gasteiger partial charge in [0.2, 0.25) is 0 Å². The van der Waals surface area contributed by atoms with E-state index in [4.69, 9.17) is 14.2 Å². The van der Waals surface area contributed by atoms with Crippen LogP contribution in [-0.4, -0.2) is 69.8 Å². The van der Waals surface area contributed by atoms with Crippen LogP contribution in [0.2, 0.25) is 0 Å². The van der Waals surface area contributed by atoms with E-state index in [0.717, 1.165) is 32.8 Å². The average molecular weight is 413 g/mol. The summed E-state index contributed by atoms with van der Waals surface area (Å²) in [5.41, 5.74) is 0.863. The summed E-state index contributed by atoms with van der Waals surface area (Å²) in [6.07, 6.45) is 0. The Morgan fingerprint density at radius 2 is 1.73 bits per heavy atom. The Kier molecular flexibility index (Phi) is 8.05. The minimum Gasteiger partial charge on any atom is -0.497 e. The van der Waals surface area contributed by atoms with Crippen molar-refractivity contribution in [2.45, 2.75) is 0 Å². The van der Waals surface area contributed by atoms with Gasteiger partial charge in [0.25, 0.3) is 11.8 Å². The van der Waals surface area contributed by atoms with E-state index >= 15 is 0 Å². The van der Waals surface area contributed by atoms with Crippen molar-refractivity contribution in [3.8, 4) is 11.5 Å². The van der Waals surface area contributed by atoms with E-state index in [-0.39, 0.29) is 18.4 Å². The first-order valence-corrected chi connectivity index (χ1v) is 9.90. The first kappa shape index (κ1) is 21.6. The summed E-state index contributed by atoms with van der Waals surface area (Å²) in [7, 11) is 1.58. The Labute approximate surface area is 176 Å². The van der Waals surface area contributed by atoms with Crippen LogP contribution >= 0.6 is 0 Å². The second-order valence-corrected chi connectivity index (χ2v) is 6.77. The van der Waals surface area contributed by atoms with Crippen molar-refractivity contribution in [2.75, 3.05) is 58.4 Å². The lowest BCUT2D eigenvalue weighted by Crippen LogP contribution is -2.41. The molecule has 0 radical (unpaired) electrons. The minimum absolute atomic E-state index is 0.167. The molecule has 0 atom stereocenters. The van der Waals surface area contributed by atoms with Crippen molar-refractivity contribution < 1.29 is 23.8 Å². The van der Waals surface area contributed by atoms with Crippen LogP contribution in [0.4, 0.5) is 5.69 Å². The van der Waals surface area contributed by atoms with Crippen molar-refractivity contribution in [2.24, 2.45) is 0 Å². The molecule has 0 aromatic heterocycles. The smallest absolute Gasteiger partial charge is 0.262 e. The highest BCUT2D eigenvalue weighted by molar-refractivity contribution is 6.04. The van der Waals surface area contributed by atoms with Gasteiger partial charge >= 0.3 is 0 Å². The molecule has 1 aliphatic rings. The molecule has 30 heavy (non-hydrogen) atoms. The summed E-state index contributed by atoms with van der Waals surface area (Å²) in [5, 5.41) is 5.66. The molecule has 8 nitrogen and oxygen atoms in total. The lowest BCUT2D eigenvalue weighted by molar-refractivity contribution is -0.118. The number of hydrogen-bond acceptors (Lipinski definition) is 6. The molecule has 0 saturated carbocycles. The highest BCUT2D eigenvalue weighted by atomic mass is 16.5. The molecule has 160 valence electrons. The highest BCUT2D eigenvalue weighted by Gasteiger charge is 2.15. The van der Waals surface area contributed by atoms with Gasteiger partial charge < -0.3 is 24.8 Å². The van der Waals surface area contributed by atoms with E-state index in [9.17, 15) is 9.59 Å². The third-order valence-electron chi connectivity index (χ3n) is 4.69. The lowest BCUT2D eigenvalue weighted by Gasteiger charge is -2.26. The van der Waals surface area contributed by atoms with E-state index in [0.29, 0.717) is 29.3 Å². The van der Waals surface area contributed by atoms with Gasteiger partial charge in [-0.2, -0.15) is 0 Å². The van der Waals surface area contributed by atoms with Crippen LogP contribution in [-0.2, 0) is 9.53 Å². The third kappa shape index (κ3) is 6.47. The Balaban J connectivity index is 1.49. The fourth-order valence-electron chi connectivity index (χ4n) is 3.04. The molecular formula is C22H27N3O5. The number of methoxy groups -OCH3 is 1. The van der Waals surface area contributed by atoms with E-state index in [1.165, 1.54) is 0 Å². The number of carbonyl (C=O) groups excluding carboxylic acids is 2. The summed E-state index contributed by atoms with van der Waals surface area (Å²) < 4.78 is 15.9. The molecule has 2 aromatic carbocycles. The summed E-state index contributed by atoms with van der Waals surface area (Å²) in [5.74, 6) is 0.690. The van der Waals surface area contributed by atoms with E-state index in [1.807, 2.05) is 0 Å². The first-order chi connectivity index (χ1) is 14.7. The predicted octanol–water partition coefficient (Wildman–Crippen LogP) is 1.77. The number of nitrogens with one attached hydrogen (secondary N) is 2. The molecule has 0 bridgehead atoms. The van der Waals surface area contributed by atoms with Crippen LogP contribution in [0.15, 0.2) is 48.5 Å². The number of rotatable bonds is 9. The van der Waals surface area contributed by atoms with E-state index in [1.54, 1.807) is 55.6 Å². The molecule has 2 aromatic rings. The zero-order valence-corrected chi connectivity index (χ0v) is 17.1. The molecule has 2 N–H and O–H groups in total. The summed E-state index contributed by atoms with van der Waals surface area (Å²) in [4.78, 5) is 27.1.